The van der Waals surface area contributed by atoms with Gasteiger partial charge >= 0.3 is 6.09 Å². The first-order valence-corrected chi connectivity index (χ1v) is 12.2. The highest BCUT2D eigenvalue weighted by molar-refractivity contribution is 7.80. The van der Waals surface area contributed by atoms with Crippen molar-refractivity contribution < 1.29 is 19.1 Å². The van der Waals surface area contributed by atoms with Gasteiger partial charge in [-0.25, -0.2) is 4.79 Å². The van der Waals surface area contributed by atoms with E-state index in [4.69, 9.17) is 4.74 Å². The molecule has 2 unspecified atom stereocenters. The average Bonchev–Trinajstić information content (AvgIpc) is 2.76. The van der Waals surface area contributed by atoms with Gasteiger partial charge in [-0.1, -0.05) is 47.5 Å². The van der Waals surface area contributed by atoms with Crippen LogP contribution in [0, 0.1) is 32.1 Å². The molecule has 0 saturated heterocycles. The molecule has 2 N–H and O–H groups in total. The van der Waals surface area contributed by atoms with Crippen molar-refractivity contribution in [1.82, 2.24) is 10.2 Å². The second kappa shape index (κ2) is 12.5. The third-order valence-electron chi connectivity index (χ3n) is 5.22. The Labute approximate surface area is 218 Å². The molecule has 0 fully saturated rings. The summed E-state index contributed by atoms with van der Waals surface area (Å²) in [6, 6.07) is 12.6. The van der Waals surface area contributed by atoms with E-state index in [0.717, 1.165) is 16.7 Å². The molecule has 0 aliphatic carbocycles. The summed E-state index contributed by atoms with van der Waals surface area (Å²) in [7, 11) is 0. The van der Waals surface area contributed by atoms with Crippen LogP contribution >= 0.6 is 12.6 Å². The van der Waals surface area contributed by atoms with E-state index in [1.165, 1.54) is 4.90 Å². The fourth-order valence-electron chi connectivity index (χ4n) is 3.76. The van der Waals surface area contributed by atoms with Crippen LogP contribution in [-0.4, -0.2) is 46.7 Å². The van der Waals surface area contributed by atoms with Crippen LogP contribution in [-0.2, 0) is 14.3 Å². The number of nitrogens with zero attached hydrogens (tertiary/aromatic N) is 2. The fraction of sp³-hybridized carbons (Fsp3) is 0.407. The zero-order valence-corrected chi connectivity index (χ0v) is 22.5. The number of hydrogen-bond donors (Lipinski definition) is 3. The fourth-order valence-corrected chi connectivity index (χ4v) is 4.01. The molecule has 9 heteroatoms. The maximum absolute atomic E-state index is 13.7. The standard InChI is InChI=1S/C27H34N4O4S/c1-17-13-18(2)15-20(14-17)23(24(32)29-21-10-8-7-9-19(21)3)31(12-11-28)25(33)22(16-36)30-26(34)35-27(4,5)6/h7-10,13-15,22-23,36H,12,16H2,1-6H3,(H,29,32)(H,30,34). The van der Waals surface area contributed by atoms with Crippen LogP contribution in [0.5, 0.6) is 0 Å². The van der Waals surface area contributed by atoms with E-state index in [-0.39, 0.29) is 12.3 Å². The highest BCUT2D eigenvalue weighted by Gasteiger charge is 2.36. The molecule has 3 amide bonds. The normalized spacial score (nSPS) is 12.6. The molecule has 0 aromatic heterocycles. The Morgan fingerprint density at radius 1 is 1.08 bits per heavy atom. The highest BCUT2D eigenvalue weighted by atomic mass is 32.1. The number of carbonyl (C=O) groups excluding carboxylic acids is 3. The summed E-state index contributed by atoms with van der Waals surface area (Å²) in [5.41, 5.74) is 3.04. The summed E-state index contributed by atoms with van der Waals surface area (Å²) in [5, 5.41) is 15.0. The molecule has 192 valence electrons. The second-order valence-corrected chi connectivity index (χ2v) is 10.00. The summed E-state index contributed by atoms with van der Waals surface area (Å²) in [6.45, 7) is 10.4. The molecule has 0 bridgehead atoms. The van der Waals surface area contributed by atoms with Gasteiger partial charge in [-0.3, -0.25) is 9.59 Å². The van der Waals surface area contributed by atoms with E-state index >= 15 is 0 Å². The summed E-state index contributed by atoms with van der Waals surface area (Å²) in [5.74, 6) is -1.16. The number of amides is 3. The Kier molecular flexibility index (Phi) is 9.93. The van der Waals surface area contributed by atoms with E-state index in [2.05, 4.69) is 23.3 Å². The van der Waals surface area contributed by atoms with Crippen LogP contribution in [0.2, 0.25) is 0 Å². The quantitative estimate of drug-likeness (QED) is 0.358. The minimum Gasteiger partial charge on any atom is -0.444 e. The number of carbonyl (C=O) groups is 3. The van der Waals surface area contributed by atoms with Crippen molar-refractivity contribution in [1.29, 1.82) is 5.26 Å². The van der Waals surface area contributed by atoms with Crippen LogP contribution in [0.3, 0.4) is 0 Å². The lowest BCUT2D eigenvalue weighted by molar-refractivity contribution is -0.139. The van der Waals surface area contributed by atoms with Crippen molar-refractivity contribution in [2.75, 3.05) is 17.6 Å². The monoisotopic (exact) mass is 510 g/mol. The van der Waals surface area contributed by atoms with Crippen molar-refractivity contribution in [3.8, 4) is 6.07 Å². The Hall–Kier alpha value is -3.51. The van der Waals surface area contributed by atoms with E-state index in [0.29, 0.717) is 11.3 Å². The molecule has 0 saturated carbocycles. The van der Waals surface area contributed by atoms with Gasteiger partial charge in [0, 0.05) is 11.4 Å². The molecular formula is C27H34N4O4S. The van der Waals surface area contributed by atoms with Gasteiger partial charge in [-0.15, -0.1) is 0 Å². The van der Waals surface area contributed by atoms with Crippen molar-refractivity contribution >= 4 is 36.2 Å². The van der Waals surface area contributed by atoms with E-state index < -0.39 is 35.6 Å². The van der Waals surface area contributed by atoms with Gasteiger partial charge in [0.05, 0.1) is 6.07 Å². The predicted octanol–water partition coefficient (Wildman–Crippen LogP) is 4.47. The number of benzene rings is 2. The Bertz CT molecular complexity index is 1130. The number of aryl methyl sites for hydroxylation is 3. The number of alkyl carbamates (subject to hydrolysis) is 1. The summed E-state index contributed by atoms with van der Waals surface area (Å²) in [6.07, 6.45) is -0.792. The number of ether oxygens (including phenoxy) is 1. The third kappa shape index (κ3) is 8.02. The van der Waals surface area contributed by atoms with Crippen LogP contribution < -0.4 is 10.6 Å². The van der Waals surface area contributed by atoms with E-state index in [1.807, 2.05) is 57.2 Å². The highest BCUT2D eigenvalue weighted by Crippen LogP contribution is 2.27. The molecule has 2 aromatic rings. The van der Waals surface area contributed by atoms with Gasteiger partial charge in [-0.2, -0.15) is 17.9 Å². The summed E-state index contributed by atoms with van der Waals surface area (Å²) < 4.78 is 5.28. The van der Waals surface area contributed by atoms with Gasteiger partial charge < -0.3 is 20.3 Å². The Balaban J connectivity index is 2.51. The zero-order chi connectivity index (χ0) is 27.0. The third-order valence-corrected chi connectivity index (χ3v) is 5.58. The van der Waals surface area contributed by atoms with Gasteiger partial charge in [0.2, 0.25) is 5.91 Å². The molecule has 0 heterocycles. The summed E-state index contributed by atoms with van der Waals surface area (Å²) in [4.78, 5) is 40.9. The zero-order valence-electron chi connectivity index (χ0n) is 21.6. The first-order chi connectivity index (χ1) is 16.9. The Morgan fingerprint density at radius 2 is 1.69 bits per heavy atom. The minimum absolute atomic E-state index is 0.0566. The van der Waals surface area contributed by atoms with Crippen molar-refractivity contribution in [3.05, 3.63) is 64.7 Å². The van der Waals surface area contributed by atoms with Crippen LogP contribution in [0.4, 0.5) is 10.5 Å². The number of hydrogen-bond acceptors (Lipinski definition) is 6. The molecule has 36 heavy (non-hydrogen) atoms. The van der Waals surface area contributed by atoms with E-state index in [9.17, 15) is 19.6 Å². The molecule has 0 aliphatic heterocycles. The molecule has 0 aliphatic rings. The number of nitriles is 1. The lowest BCUT2D eigenvalue weighted by Gasteiger charge is -2.33. The maximum atomic E-state index is 13.7. The summed E-state index contributed by atoms with van der Waals surface area (Å²) >= 11 is 4.24. The number of rotatable bonds is 8. The van der Waals surface area contributed by atoms with Crippen LogP contribution in [0.1, 0.15) is 49.1 Å². The molecule has 8 nitrogen and oxygen atoms in total. The predicted molar refractivity (Wildman–Crippen MR) is 143 cm³/mol. The Morgan fingerprint density at radius 3 is 2.22 bits per heavy atom. The largest absolute Gasteiger partial charge is 0.444 e. The second-order valence-electron chi connectivity index (χ2n) is 9.63. The topological polar surface area (TPSA) is 112 Å². The molecule has 2 atom stereocenters. The maximum Gasteiger partial charge on any atom is 0.408 e. The van der Waals surface area contributed by atoms with Gasteiger partial charge in [0.1, 0.15) is 24.2 Å². The molecular weight excluding hydrogens is 476 g/mol. The van der Waals surface area contributed by atoms with Crippen molar-refractivity contribution in [2.24, 2.45) is 0 Å². The average molecular weight is 511 g/mol. The van der Waals surface area contributed by atoms with Crippen molar-refractivity contribution in [2.45, 2.75) is 59.2 Å². The van der Waals surface area contributed by atoms with Crippen LogP contribution in [0.15, 0.2) is 42.5 Å². The lowest BCUT2D eigenvalue weighted by Crippen LogP contribution is -2.53. The first kappa shape index (κ1) is 28.7. The number of anilines is 1. The van der Waals surface area contributed by atoms with E-state index in [1.54, 1.807) is 32.9 Å². The number of para-hydroxylation sites is 1. The van der Waals surface area contributed by atoms with Gasteiger partial charge in [0.25, 0.3) is 5.91 Å². The molecule has 2 aromatic carbocycles. The molecule has 2 rings (SSSR count). The minimum atomic E-state index is -1.13. The van der Waals surface area contributed by atoms with Crippen LogP contribution in [0.25, 0.3) is 0 Å². The van der Waals surface area contributed by atoms with Gasteiger partial charge in [-0.05, 0) is 58.7 Å². The molecule has 0 spiro atoms. The smallest absolute Gasteiger partial charge is 0.408 e. The number of nitrogens with one attached hydrogen (secondary N) is 2. The molecule has 0 radical (unpaired) electrons. The first-order valence-electron chi connectivity index (χ1n) is 11.6. The lowest BCUT2D eigenvalue weighted by atomic mass is 9.98. The van der Waals surface area contributed by atoms with Crippen molar-refractivity contribution in [3.63, 3.8) is 0 Å². The number of thiol groups is 1. The SMILES string of the molecule is Cc1cc(C)cc(C(C(=O)Nc2ccccc2C)N(CC#N)C(=O)C(CS)NC(=O)OC(C)(C)C)c1. The van der Waals surface area contributed by atoms with Gasteiger partial charge in [0.15, 0.2) is 0 Å².